The van der Waals surface area contributed by atoms with Crippen molar-refractivity contribution in [2.75, 3.05) is 20.2 Å². The maximum Gasteiger partial charge on any atom is 0.257 e. The van der Waals surface area contributed by atoms with Crippen LogP contribution in [0.3, 0.4) is 0 Å². The van der Waals surface area contributed by atoms with Crippen molar-refractivity contribution < 1.29 is 14.6 Å². The van der Waals surface area contributed by atoms with E-state index in [4.69, 9.17) is 10.5 Å². The summed E-state index contributed by atoms with van der Waals surface area (Å²) in [4.78, 5) is 14.2. The van der Waals surface area contributed by atoms with Crippen molar-refractivity contribution in [2.45, 2.75) is 25.3 Å². The molecule has 1 atom stereocenters. The van der Waals surface area contributed by atoms with Gasteiger partial charge in [-0.1, -0.05) is 0 Å². The van der Waals surface area contributed by atoms with Crippen LogP contribution in [-0.4, -0.2) is 42.2 Å². The molecule has 5 nitrogen and oxygen atoms in total. The standard InChI is InChI=1S/C14H20N2O3/c1-19-11-5-6-12(13(17)8-11)14(18)16-7-3-2-4-10(16)9-15/h5-6,8,10,17H,2-4,7,9,15H2,1H3. The van der Waals surface area contributed by atoms with Gasteiger partial charge in [-0.3, -0.25) is 4.79 Å². The van der Waals surface area contributed by atoms with Crippen LogP contribution in [0.25, 0.3) is 0 Å². The lowest BCUT2D eigenvalue weighted by Gasteiger charge is -2.35. The van der Waals surface area contributed by atoms with E-state index in [-0.39, 0.29) is 17.7 Å². The van der Waals surface area contributed by atoms with Gasteiger partial charge in [-0.25, -0.2) is 0 Å². The summed E-state index contributed by atoms with van der Waals surface area (Å²) in [6, 6.07) is 4.80. The molecule has 0 spiro atoms. The van der Waals surface area contributed by atoms with Crippen LogP contribution >= 0.6 is 0 Å². The van der Waals surface area contributed by atoms with E-state index >= 15 is 0 Å². The third-order valence-corrected chi connectivity index (χ3v) is 3.60. The Morgan fingerprint density at radius 3 is 2.95 bits per heavy atom. The fraction of sp³-hybridized carbons (Fsp3) is 0.500. The number of hydrogen-bond acceptors (Lipinski definition) is 4. The van der Waals surface area contributed by atoms with Crippen molar-refractivity contribution in [1.82, 2.24) is 4.90 Å². The van der Waals surface area contributed by atoms with Crippen molar-refractivity contribution in [1.29, 1.82) is 0 Å². The molecule has 1 amide bonds. The Bertz CT molecular complexity index is 462. The molecule has 1 heterocycles. The van der Waals surface area contributed by atoms with Crippen molar-refractivity contribution in [3.05, 3.63) is 23.8 Å². The number of carbonyl (C=O) groups excluding carboxylic acids is 1. The molecule has 3 N–H and O–H groups in total. The first-order valence-corrected chi connectivity index (χ1v) is 6.55. The molecule has 0 bridgehead atoms. The Kier molecular flexibility index (Phi) is 4.27. The number of aromatic hydroxyl groups is 1. The Balaban J connectivity index is 2.23. The number of rotatable bonds is 3. The predicted octanol–water partition coefficient (Wildman–Crippen LogP) is 1.35. The van der Waals surface area contributed by atoms with Crippen molar-refractivity contribution >= 4 is 5.91 Å². The lowest BCUT2D eigenvalue weighted by atomic mass is 10.0. The fourth-order valence-electron chi connectivity index (χ4n) is 2.49. The highest BCUT2D eigenvalue weighted by atomic mass is 16.5. The molecule has 1 unspecified atom stereocenters. The zero-order valence-corrected chi connectivity index (χ0v) is 11.1. The van der Waals surface area contributed by atoms with E-state index in [1.165, 1.54) is 13.2 Å². The van der Waals surface area contributed by atoms with Gasteiger partial charge < -0.3 is 20.5 Å². The van der Waals surface area contributed by atoms with Crippen LogP contribution in [0.2, 0.25) is 0 Å². The number of piperidine rings is 1. The number of nitrogens with two attached hydrogens (primary N) is 1. The van der Waals surface area contributed by atoms with Crippen molar-refractivity contribution in [3.8, 4) is 11.5 Å². The van der Waals surface area contributed by atoms with Crippen LogP contribution in [0, 0.1) is 0 Å². The molecule has 1 saturated heterocycles. The molecule has 1 fully saturated rings. The topological polar surface area (TPSA) is 75.8 Å². The quantitative estimate of drug-likeness (QED) is 0.864. The molecule has 5 heteroatoms. The summed E-state index contributed by atoms with van der Waals surface area (Å²) in [7, 11) is 1.52. The van der Waals surface area contributed by atoms with Gasteiger partial charge in [0.1, 0.15) is 11.5 Å². The van der Waals surface area contributed by atoms with Gasteiger partial charge in [0.2, 0.25) is 0 Å². The Morgan fingerprint density at radius 1 is 1.53 bits per heavy atom. The van der Waals surface area contributed by atoms with Crippen molar-refractivity contribution in [3.63, 3.8) is 0 Å². The van der Waals surface area contributed by atoms with Gasteiger partial charge in [-0.2, -0.15) is 0 Å². The number of phenolic OH excluding ortho intramolecular Hbond substituents is 1. The van der Waals surface area contributed by atoms with E-state index in [1.54, 1.807) is 17.0 Å². The summed E-state index contributed by atoms with van der Waals surface area (Å²) in [6.45, 7) is 1.16. The molecule has 1 aromatic rings. The van der Waals surface area contributed by atoms with Crippen LogP contribution < -0.4 is 10.5 Å². The maximum atomic E-state index is 12.5. The number of carbonyl (C=O) groups is 1. The smallest absolute Gasteiger partial charge is 0.257 e. The minimum atomic E-state index is -0.157. The van der Waals surface area contributed by atoms with Crippen molar-refractivity contribution in [2.24, 2.45) is 5.73 Å². The van der Waals surface area contributed by atoms with E-state index in [1.807, 2.05) is 0 Å². The van der Waals surface area contributed by atoms with Gasteiger partial charge in [-0.05, 0) is 31.4 Å². The average Bonchev–Trinajstić information content (AvgIpc) is 2.46. The monoisotopic (exact) mass is 264 g/mol. The Hall–Kier alpha value is -1.75. The van der Waals surface area contributed by atoms with Crippen LogP contribution in [0.5, 0.6) is 11.5 Å². The molecule has 1 aromatic carbocycles. The van der Waals surface area contributed by atoms with Gasteiger partial charge in [0.15, 0.2) is 0 Å². The summed E-state index contributed by atoms with van der Waals surface area (Å²) in [6.07, 6.45) is 3.01. The normalized spacial score (nSPS) is 19.3. The lowest BCUT2D eigenvalue weighted by molar-refractivity contribution is 0.0620. The summed E-state index contributed by atoms with van der Waals surface area (Å²) in [5.74, 6) is 0.323. The Labute approximate surface area is 113 Å². The van der Waals surface area contributed by atoms with Crippen LogP contribution in [-0.2, 0) is 0 Å². The average molecular weight is 264 g/mol. The second-order valence-corrected chi connectivity index (χ2v) is 4.77. The third kappa shape index (κ3) is 2.81. The highest BCUT2D eigenvalue weighted by Gasteiger charge is 2.27. The lowest BCUT2D eigenvalue weighted by Crippen LogP contribution is -2.47. The van der Waals surface area contributed by atoms with E-state index in [2.05, 4.69) is 0 Å². The molecule has 0 saturated carbocycles. The zero-order chi connectivity index (χ0) is 13.8. The van der Waals surface area contributed by atoms with E-state index < -0.39 is 0 Å². The van der Waals surface area contributed by atoms with E-state index in [0.29, 0.717) is 24.4 Å². The van der Waals surface area contributed by atoms with Gasteiger partial charge in [0, 0.05) is 25.2 Å². The molecule has 19 heavy (non-hydrogen) atoms. The number of nitrogens with zero attached hydrogens (tertiary/aromatic N) is 1. The predicted molar refractivity (Wildman–Crippen MR) is 72.4 cm³/mol. The first-order valence-electron chi connectivity index (χ1n) is 6.55. The zero-order valence-electron chi connectivity index (χ0n) is 11.1. The first kappa shape index (κ1) is 13.7. The van der Waals surface area contributed by atoms with Gasteiger partial charge in [-0.15, -0.1) is 0 Å². The number of likely N-dealkylation sites (tertiary alicyclic amines) is 1. The summed E-state index contributed by atoms with van der Waals surface area (Å²) < 4.78 is 5.01. The molecule has 0 aromatic heterocycles. The number of hydrogen-bond donors (Lipinski definition) is 2. The highest BCUT2D eigenvalue weighted by molar-refractivity contribution is 5.97. The molecule has 0 radical (unpaired) electrons. The highest BCUT2D eigenvalue weighted by Crippen LogP contribution is 2.27. The number of benzene rings is 1. The number of ether oxygens (including phenoxy) is 1. The number of amides is 1. The number of methoxy groups -OCH3 is 1. The molecule has 1 aliphatic rings. The number of phenols is 1. The van der Waals surface area contributed by atoms with Gasteiger partial charge in [0.05, 0.1) is 12.7 Å². The van der Waals surface area contributed by atoms with Gasteiger partial charge >= 0.3 is 0 Å². The molecule has 2 rings (SSSR count). The SMILES string of the molecule is COc1ccc(C(=O)N2CCCCC2CN)c(O)c1. The van der Waals surface area contributed by atoms with Crippen LogP contribution in [0.4, 0.5) is 0 Å². The minimum absolute atomic E-state index is 0.0503. The van der Waals surface area contributed by atoms with E-state index in [9.17, 15) is 9.90 Å². The van der Waals surface area contributed by atoms with Crippen LogP contribution in [0.1, 0.15) is 29.6 Å². The summed E-state index contributed by atoms with van der Waals surface area (Å²) in [5.41, 5.74) is 6.02. The molecule has 104 valence electrons. The van der Waals surface area contributed by atoms with Crippen LogP contribution in [0.15, 0.2) is 18.2 Å². The minimum Gasteiger partial charge on any atom is -0.507 e. The molecular formula is C14H20N2O3. The summed E-state index contributed by atoms with van der Waals surface area (Å²) >= 11 is 0. The van der Waals surface area contributed by atoms with E-state index in [0.717, 1.165) is 19.3 Å². The second kappa shape index (κ2) is 5.93. The largest absolute Gasteiger partial charge is 0.507 e. The first-order chi connectivity index (χ1) is 9.17. The maximum absolute atomic E-state index is 12.5. The molecule has 1 aliphatic heterocycles. The second-order valence-electron chi connectivity index (χ2n) is 4.77. The Morgan fingerprint density at radius 2 is 2.32 bits per heavy atom. The van der Waals surface area contributed by atoms with Gasteiger partial charge in [0.25, 0.3) is 5.91 Å². The third-order valence-electron chi connectivity index (χ3n) is 3.60. The summed E-state index contributed by atoms with van der Waals surface area (Å²) in [5, 5.41) is 9.92. The molecule has 0 aliphatic carbocycles. The molecular weight excluding hydrogens is 244 g/mol. The fourth-order valence-corrected chi connectivity index (χ4v) is 2.49.